The summed E-state index contributed by atoms with van der Waals surface area (Å²) in [5.74, 6) is 0. The van der Waals surface area contributed by atoms with Crippen molar-refractivity contribution in [1.82, 2.24) is 9.55 Å². The number of nitrogens with zero attached hydrogens (tertiary/aromatic N) is 2. The van der Waals surface area contributed by atoms with Gasteiger partial charge in [-0.1, -0.05) is 17.8 Å². The molecule has 0 saturated carbocycles. The second kappa shape index (κ2) is 4.74. The number of fused-ring (bicyclic) bond motifs is 1. The van der Waals surface area contributed by atoms with Gasteiger partial charge in [-0.3, -0.25) is 9.36 Å². The van der Waals surface area contributed by atoms with Gasteiger partial charge in [0.2, 0.25) is 0 Å². The van der Waals surface area contributed by atoms with Crippen molar-refractivity contribution in [2.24, 2.45) is 12.8 Å². The number of thioether (sulfide) groups is 1. The SMILES string of the molecule is CSc1nc2c([C@@H](C)N)cc(C)cc2c(=O)n1C. The van der Waals surface area contributed by atoms with E-state index in [0.29, 0.717) is 10.5 Å². The molecule has 1 heterocycles. The molecule has 5 heteroatoms. The molecule has 0 fully saturated rings. The van der Waals surface area contributed by atoms with Crippen LogP contribution in [0.3, 0.4) is 0 Å². The molecule has 1 aromatic carbocycles. The zero-order valence-corrected chi connectivity index (χ0v) is 11.8. The molecular weight excluding hydrogens is 246 g/mol. The lowest BCUT2D eigenvalue weighted by atomic mass is 10.0. The maximum absolute atomic E-state index is 12.3. The van der Waals surface area contributed by atoms with Gasteiger partial charge in [0.15, 0.2) is 5.16 Å². The summed E-state index contributed by atoms with van der Waals surface area (Å²) >= 11 is 1.46. The fourth-order valence-electron chi connectivity index (χ4n) is 2.06. The van der Waals surface area contributed by atoms with Gasteiger partial charge < -0.3 is 5.73 Å². The van der Waals surface area contributed by atoms with Crippen LogP contribution in [0.1, 0.15) is 24.1 Å². The number of rotatable bonds is 2. The Morgan fingerprint density at radius 3 is 2.67 bits per heavy atom. The molecular formula is C13H17N3OS. The molecule has 0 aliphatic heterocycles. The molecule has 0 saturated heterocycles. The van der Waals surface area contributed by atoms with Gasteiger partial charge in [0.25, 0.3) is 5.56 Å². The van der Waals surface area contributed by atoms with E-state index < -0.39 is 0 Å². The largest absolute Gasteiger partial charge is 0.324 e. The van der Waals surface area contributed by atoms with E-state index in [1.807, 2.05) is 32.2 Å². The second-order valence-electron chi connectivity index (χ2n) is 4.50. The highest BCUT2D eigenvalue weighted by Gasteiger charge is 2.13. The second-order valence-corrected chi connectivity index (χ2v) is 5.28. The fraction of sp³-hybridized carbons (Fsp3) is 0.385. The van der Waals surface area contributed by atoms with E-state index in [1.165, 1.54) is 11.8 Å². The molecule has 0 bridgehead atoms. The average Bonchev–Trinajstić information content (AvgIpc) is 2.33. The molecule has 2 aromatic rings. The third kappa shape index (κ3) is 2.04. The normalized spacial score (nSPS) is 12.9. The summed E-state index contributed by atoms with van der Waals surface area (Å²) in [6.45, 7) is 3.87. The topological polar surface area (TPSA) is 60.9 Å². The summed E-state index contributed by atoms with van der Waals surface area (Å²) in [4.78, 5) is 16.9. The summed E-state index contributed by atoms with van der Waals surface area (Å²) < 4.78 is 1.58. The molecule has 1 atom stereocenters. The third-order valence-electron chi connectivity index (χ3n) is 2.99. The number of hydrogen-bond donors (Lipinski definition) is 1. The van der Waals surface area contributed by atoms with E-state index in [0.717, 1.165) is 16.6 Å². The van der Waals surface area contributed by atoms with Gasteiger partial charge in [-0.05, 0) is 37.3 Å². The predicted octanol–water partition coefficient (Wildman–Crippen LogP) is 1.98. The summed E-state index contributed by atoms with van der Waals surface area (Å²) in [5, 5.41) is 1.35. The molecule has 2 rings (SSSR count). The highest BCUT2D eigenvalue weighted by atomic mass is 32.2. The van der Waals surface area contributed by atoms with Crippen LogP contribution in [0.15, 0.2) is 22.1 Å². The molecule has 0 amide bonds. The van der Waals surface area contributed by atoms with Crippen LogP contribution >= 0.6 is 11.8 Å². The number of benzene rings is 1. The molecule has 0 aliphatic carbocycles. The van der Waals surface area contributed by atoms with Crippen LogP contribution in [0.4, 0.5) is 0 Å². The molecule has 0 radical (unpaired) electrons. The van der Waals surface area contributed by atoms with E-state index in [-0.39, 0.29) is 11.6 Å². The lowest BCUT2D eigenvalue weighted by molar-refractivity contribution is 0.722. The van der Waals surface area contributed by atoms with E-state index in [2.05, 4.69) is 4.98 Å². The lowest BCUT2D eigenvalue weighted by Gasteiger charge is -2.13. The van der Waals surface area contributed by atoms with E-state index in [9.17, 15) is 4.79 Å². The van der Waals surface area contributed by atoms with Crippen LogP contribution < -0.4 is 11.3 Å². The van der Waals surface area contributed by atoms with Crippen molar-refractivity contribution in [2.75, 3.05) is 6.26 Å². The molecule has 18 heavy (non-hydrogen) atoms. The Morgan fingerprint density at radius 1 is 1.44 bits per heavy atom. The Hall–Kier alpha value is -1.33. The zero-order valence-electron chi connectivity index (χ0n) is 11.0. The van der Waals surface area contributed by atoms with Crippen LogP contribution in [-0.4, -0.2) is 15.8 Å². The first-order valence-corrected chi connectivity index (χ1v) is 6.99. The summed E-state index contributed by atoms with van der Waals surface area (Å²) in [6, 6.07) is 3.74. The first-order chi connectivity index (χ1) is 8.45. The van der Waals surface area contributed by atoms with Crippen molar-refractivity contribution in [3.63, 3.8) is 0 Å². The number of aryl methyl sites for hydroxylation is 1. The van der Waals surface area contributed by atoms with Crippen molar-refractivity contribution in [1.29, 1.82) is 0 Å². The van der Waals surface area contributed by atoms with Crippen molar-refractivity contribution in [3.8, 4) is 0 Å². The van der Waals surface area contributed by atoms with Crippen LogP contribution in [0.2, 0.25) is 0 Å². The highest BCUT2D eigenvalue weighted by molar-refractivity contribution is 7.98. The van der Waals surface area contributed by atoms with Crippen molar-refractivity contribution in [3.05, 3.63) is 33.6 Å². The van der Waals surface area contributed by atoms with Gasteiger partial charge in [0.1, 0.15) is 0 Å². The minimum Gasteiger partial charge on any atom is -0.324 e. The first kappa shape index (κ1) is 13.1. The summed E-state index contributed by atoms with van der Waals surface area (Å²) in [6.07, 6.45) is 1.91. The monoisotopic (exact) mass is 263 g/mol. The molecule has 0 unspecified atom stereocenters. The van der Waals surface area contributed by atoms with Gasteiger partial charge in [0.05, 0.1) is 10.9 Å². The van der Waals surface area contributed by atoms with Crippen LogP contribution in [0.25, 0.3) is 10.9 Å². The quantitative estimate of drug-likeness (QED) is 0.665. The Balaban J connectivity index is 2.97. The maximum Gasteiger partial charge on any atom is 0.261 e. The molecule has 4 nitrogen and oxygen atoms in total. The lowest BCUT2D eigenvalue weighted by Crippen LogP contribution is -2.21. The zero-order chi connectivity index (χ0) is 13.4. The van der Waals surface area contributed by atoms with Crippen molar-refractivity contribution >= 4 is 22.7 Å². The van der Waals surface area contributed by atoms with Gasteiger partial charge in [0, 0.05) is 13.1 Å². The molecule has 0 aliphatic rings. The van der Waals surface area contributed by atoms with Crippen LogP contribution in [-0.2, 0) is 7.05 Å². The third-order valence-corrected chi connectivity index (χ3v) is 3.72. The van der Waals surface area contributed by atoms with E-state index in [4.69, 9.17) is 5.73 Å². The Morgan fingerprint density at radius 2 is 2.11 bits per heavy atom. The van der Waals surface area contributed by atoms with Gasteiger partial charge in [-0.25, -0.2) is 4.98 Å². The molecule has 0 spiro atoms. The Kier molecular flexibility index (Phi) is 3.45. The number of aromatic nitrogens is 2. The Labute approximate surface area is 110 Å². The van der Waals surface area contributed by atoms with E-state index >= 15 is 0 Å². The summed E-state index contributed by atoms with van der Waals surface area (Å²) in [7, 11) is 1.74. The van der Waals surface area contributed by atoms with Crippen molar-refractivity contribution < 1.29 is 0 Å². The predicted molar refractivity (Wildman–Crippen MR) is 76.1 cm³/mol. The molecule has 2 N–H and O–H groups in total. The Bertz CT molecular complexity index is 661. The minimum absolute atomic E-state index is 0.0186. The fourth-order valence-corrected chi connectivity index (χ4v) is 2.60. The van der Waals surface area contributed by atoms with E-state index in [1.54, 1.807) is 11.6 Å². The number of nitrogens with two attached hydrogens (primary N) is 1. The van der Waals surface area contributed by atoms with Gasteiger partial charge >= 0.3 is 0 Å². The molecule has 96 valence electrons. The smallest absolute Gasteiger partial charge is 0.261 e. The number of hydrogen-bond acceptors (Lipinski definition) is 4. The van der Waals surface area contributed by atoms with Crippen molar-refractivity contribution in [2.45, 2.75) is 25.0 Å². The highest BCUT2D eigenvalue weighted by Crippen LogP contribution is 2.23. The van der Waals surface area contributed by atoms with Gasteiger partial charge in [-0.2, -0.15) is 0 Å². The minimum atomic E-state index is -0.137. The van der Waals surface area contributed by atoms with Gasteiger partial charge in [-0.15, -0.1) is 0 Å². The van der Waals surface area contributed by atoms with Crippen LogP contribution in [0, 0.1) is 6.92 Å². The molecule has 1 aromatic heterocycles. The summed E-state index contributed by atoms with van der Waals surface area (Å²) in [5.41, 5.74) is 8.64. The first-order valence-electron chi connectivity index (χ1n) is 5.76. The standard InChI is InChI=1S/C13H17N3OS/c1-7-5-9(8(2)14)11-10(6-7)12(17)16(3)13(15-11)18-4/h5-6,8H,14H2,1-4H3/t8-/m1/s1. The average molecular weight is 263 g/mol. The maximum atomic E-state index is 12.3. The van der Waals surface area contributed by atoms with Crippen LogP contribution in [0.5, 0.6) is 0 Å².